The first-order chi connectivity index (χ1) is 8.04. The lowest BCUT2D eigenvalue weighted by Crippen LogP contribution is -2.32. The number of aromatic amines is 2. The van der Waals surface area contributed by atoms with Gasteiger partial charge in [-0.2, -0.15) is 0 Å². The minimum Gasteiger partial charge on any atom is -0.392 e. The van der Waals surface area contributed by atoms with Gasteiger partial charge in [-0.05, 0) is 5.57 Å². The van der Waals surface area contributed by atoms with Crippen LogP contribution < -0.4 is 11.2 Å². The fourth-order valence-corrected chi connectivity index (χ4v) is 1.93. The molecule has 2 rings (SSSR count). The third-order valence-electron chi connectivity index (χ3n) is 2.85. The summed E-state index contributed by atoms with van der Waals surface area (Å²) in [5.74, 6) is -0.743. The molecule has 1 heterocycles. The Morgan fingerprint density at radius 3 is 2.53 bits per heavy atom. The van der Waals surface area contributed by atoms with Crippen LogP contribution in [-0.2, 0) is 0 Å². The van der Waals surface area contributed by atoms with Crippen LogP contribution in [0.25, 0.3) is 0 Å². The number of rotatable bonds is 2. The van der Waals surface area contributed by atoms with E-state index in [9.17, 15) is 19.8 Å². The van der Waals surface area contributed by atoms with Gasteiger partial charge in [-0.1, -0.05) is 6.08 Å². The van der Waals surface area contributed by atoms with Gasteiger partial charge in [0.2, 0.25) is 0 Å². The van der Waals surface area contributed by atoms with Gasteiger partial charge in [0, 0.05) is 17.7 Å². The Morgan fingerprint density at radius 1 is 1.29 bits per heavy atom. The van der Waals surface area contributed by atoms with Crippen molar-refractivity contribution in [3.63, 3.8) is 0 Å². The first-order valence-electron chi connectivity index (χ1n) is 5.04. The Kier molecular flexibility index (Phi) is 2.97. The van der Waals surface area contributed by atoms with Crippen molar-refractivity contribution in [2.24, 2.45) is 0 Å². The fraction of sp³-hybridized carbons (Fsp3) is 0.400. The van der Waals surface area contributed by atoms with Crippen LogP contribution in [0.4, 0.5) is 0 Å². The van der Waals surface area contributed by atoms with E-state index in [4.69, 9.17) is 5.11 Å². The molecule has 0 amide bonds. The van der Waals surface area contributed by atoms with E-state index in [1.807, 2.05) is 4.98 Å². The van der Waals surface area contributed by atoms with Crippen LogP contribution in [0, 0.1) is 0 Å². The molecule has 0 aromatic carbocycles. The fourth-order valence-electron chi connectivity index (χ4n) is 1.93. The van der Waals surface area contributed by atoms with Gasteiger partial charge in [-0.15, -0.1) is 0 Å². The highest BCUT2D eigenvalue weighted by molar-refractivity contribution is 5.32. The van der Waals surface area contributed by atoms with Crippen molar-refractivity contribution in [3.8, 4) is 0 Å². The van der Waals surface area contributed by atoms with Gasteiger partial charge in [-0.3, -0.25) is 9.78 Å². The van der Waals surface area contributed by atoms with Crippen molar-refractivity contribution in [2.75, 3.05) is 6.61 Å². The summed E-state index contributed by atoms with van der Waals surface area (Å²) in [5.41, 5.74) is -0.869. The molecule has 1 aliphatic carbocycles. The zero-order chi connectivity index (χ0) is 12.6. The van der Waals surface area contributed by atoms with Crippen molar-refractivity contribution in [3.05, 3.63) is 44.2 Å². The Balaban J connectivity index is 2.45. The van der Waals surface area contributed by atoms with Crippen molar-refractivity contribution < 1.29 is 15.3 Å². The lowest BCUT2D eigenvalue weighted by molar-refractivity contribution is 0.0402. The molecule has 1 aromatic rings. The number of hydrogen-bond donors (Lipinski definition) is 5. The highest BCUT2D eigenvalue weighted by atomic mass is 16.3. The quantitative estimate of drug-likeness (QED) is 0.375. The van der Waals surface area contributed by atoms with E-state index in [1.165, 1.54) is 12.3 Å². The zero-order valence-electron chi connectivity index (χ0n) is 8.75. The second-order valence-electron chi connectivity index (χ2n) is 3.89. The standard InChI is InChI=1S/C10H12N2O5/c13-3-4-1-5(8(15)7(4)14)6-2-11-10(17)12-9(6)16/h1-2,5,7-8,13-15H,3H2,(H2,11,12,16,17)/t5-,7+,8-/m0/s1. The highest BCUT2D eigenvalue weighted by Gasteiger charge is 2.36. The molecule has 0 radical (unpaired) electrons. The summed E-state index contributed by atoms with van der Waals surface area (Å²) in [6.45, 7) is -0.393. The van der Waals surface area contributed by atoms with Gasteiger partial charge < -0.3 is 20.3 Å². The first-order valence-corrected chi connectivity index (χ1v) is 5.04. The summed E-state index contributed by atoms with van der Waals surface area (Å²) in [5, 5.41) is 28.3. The van der Waals surface area contributed by atoms with E-state index >= 15 is 0 Å². The molecule has 0 bridgehead atoms. The molecule has 5 N–H and O–H groups in total. The lowest BCUT2D eigenvalue weighted by Gasteiger charge is -2.16. The molecule has 0 spiro atoms. The largest absolute Gasteiger partial charge is 0.392 e. The van der Waals surface area contributed by atoms with Crippen LogP contribution in [0.3, 0.4) is 0 Å². The van der Waals surface area contributed by atoms with Crippen LogP contribution in [0.2, 0.25) is 0 Å². The topological polar surface area (TPSA) is 126 Å². The molecule has 1 aromatic heterocycles. The second-order valence-corrected chi connectivity index (χ2v) is 3.89. The van der Waals surface area contributed by atoms with E-state index in [0.29, 0.717) is 0 Å². The number of aliphatic hydroxyl groups excluding tert-OH is 3. The summed E-state index contributed by atoms with van der Waals surface area (Å²) < 4.78 is 0. The number of H-pyrrole nitrogens is 2. The zero-order valence-corrected chi connectivity index (χ0v) is 8.75. The molecule has 7 heteroatoms. The van der Waals surface area contributed by atoms with Crippen LogP contribution in [0.15, 0.2) is 27.4 Å². The predicted molar refractivity (Wildman–Crippen MR) is 57.6 cm³/mol. The van der Waals surface area contributed by atoms with Gasteiger partial charge in [0.15, 0.2) is 0 Å². The summed E-state index contributed by atoms with van der Waals surface area (Å²) in [7, 11) is 0. The third kappa shape index (κ3) is 1.95. The molecule has 17 heavy (non-hydrogen) atoms. The van der Waals surface area contributed by atoms with Crippen LogP contribution >= 0.6 is 0 Å². The van der Waals surface area contributed by atoms with Crippen LogP contribution in [0.1, 0.15) is 11.5 Å². The summed E-state index contributed by atoms with van der Waals surface area (Å²) in [6.07, 6.45) is 0.220. The van der Waals surface area contributed by atoms with Gasteiger partial charge in [0.05, 0.1) is 12.7 Å². The Hall–Kier alpha value is -1.70. The Labute approximate surface area is 95.1 Å². The molecule has 0 aliphatic heterocycles. The maximum Gasteiger partial charge on any atom is 0.325 e. The van der Waals surface area contributed by atoms with E-state index < -0.39 is 36.0 Å². The summed E-state index contributed by atoms with van der Waals surface area (Å²) in [6, 6.07) is 0. The minimum absolute atomic E-state index is 0.139. The molecule has 1 aliphatic rings. The van der Waals surface area contributed by atoms with Crippen molar-refractivity contribution in [1.82, 2.24) is 9.97 Å². The highest BCUT2D eigenvalue weighted by Crippen LogP contribution is 2.31. The monoisotopic (exact) mass is 240 g/mol. The number of nitrogens with one attached hydrogen (secondary N) is 2. The molecule has 0 fully saturated rings. The lowest BCUT2D eigenvalue weighted by atomic mass is 9.98. The van der Waals surface area contributed by atoms with Crippen molar-refractivity contribution >= 4 is 0 Å². The summed E-state index contributed by atoms with van der Waals surface area (Å²) >= 11 is 0. The smallest absolute Gasteiger partial charge is 0.325 e. The molecular weight excluding hydrogens is 228 g/mol. The molecule has 0 unspecified atom stereocenters. The molecule has 92 valence electrons. The molecule has 0 saturated carbocycles. The van der Waals surface area contributed by atoms with Gasteiger partial charge >= 0.3 is 5.69 Å². The van der Waals surface area contributed by atoms with Crippen LogP contribution in [-0.4, -0.2) is 44.1 Å². The molecule has 3 atom stereocenters. The number of aromatic nitrogens is 2. The van der Waals surface area contributed by atoms with Crippen LogP contribution in [0.5, 0.6) is 0 Å². The normalized spacial score (nSPS) is 28.2. The van der Waals surface area contributed by atoms with Crippen molar-refractivity contribution in [1.29, 1.82) is 0 Å². The third-order valence-corrected chi connectivity index (χ3v) is 2.85. The Bertz CT molecular complexity index is 558. The van der Waals surface area contributed by atoms with E-state index in [1.54, 1.807) is 0 Å². The molecule has 7 nitrogen and oxygen atoms in total. The van der Waals surface area contributed by atoms with Gasteiger partial charge in [0.25, 0.3) is 5.56 Å². The molecular formula is C10H12N2O5. The van der Waals surface area contributed by atoms with Gasteiger partial charge in [0.1, 0.15) is 6.10 Å². The SMILES string of the molecule is O=c1[nH]cc([C@@H]2C=C(CO)[C@@H](O)[C@H]2O)c(=O)[nH]1. The number of hydrogen-bond acceptors (Lipinski definition) is 5. The minimum atomic E-state index is -1.20. The van der Waals surface area contributed by atoms with E-state index in [2.05, 4.69) is 4.98 Å². The second kappa shape index (κ2) is 4.28. The average Bonchev–Trinajstić information content (AvgIpc) is 2.57. The Morgan fingerprint density at radius 2 is 2.00 bits per heavy atom. The maximum atomic E-state index is 11.5. The molecule has 0 saturated heterocycles. The van der Waals surface area contributed by atoms with Crippen molar-refractivity contribution in [2.45, 2.75) is 18.1 Å². The average molecular weight is 240 g/mol. The predicted octanol–water partition coefficient (Wildman–Crippen LogP) is -2.20. The number of aliphatic hydroxyl groups is 3. The summed E-state index contributed by atoms with van der Waals surface area (Å²) in [4.78, 5) is 26.7. The first kappa shape index (κ1) is 11.8. The van der Waals surface area contributed by atoms with Gasteiger partial charge in [-0.25, -0.2) is 4.79 Å². The van der Waals surface area contributed by atoms with E-state index in [0.717, 1.165) is 0 Å². The maximum absolute atomic E-state index is 11.5. The van der Waals surface area contributed by atoms with E-state index in [-0.39, 0.29) is 11.1 Å².